The molecule has 1 N–H and O–H groups in total. The van der Waals surface area contributed by atoms with E-state index in [0.29, 0.717) is 24.5 Å². The average molecular weight is 550 g/mol. The van der Waals surface area contributed by atoms with Crippen LogP contribution >= 0.6 is 11.8 Å². The summed E-state index contributed by atoms with van der Waals surface area (Å²) >= 11 is 1.97. The maximum atomic E-state index is 12.9. The third-order valence-corrected chi connectivity index (χ3v) is 8.48. The number of aryl methyl sites for hydroxylation is 1. The Hall–Kier alpha value is -2.80. The molecule has 1 amide bonds. The zero-order valence-corrected chi connectivity index (χ0v) is 24.1. The molecule has 1 atom stereocenters. The molecule has 0 radical (unpaired) electrons. The second-order valence-electron chi connectivity index (χ2n) is 10.7. The molecule has 0 bridgehead atoms. The van der Waals surface area contributed by atoms with Crippen molar-refractivity contribution in [1.82, 2.24) is 5.01 Å². The number of benzene rings is 2. The summed E-state index contributed by atoms with van der Waals surface area (Å²) in [5, 5.41) is 9.68. The summed E-state index contributed by atoms with van der Waals surface area (Å²) in [6.07, 6.45) is 12.2. The lowest BCUT2D eigenvalue weighted by atomic mass is 9.81. The Morgan fingerprint density at radius 3 is 2.59 bits per heavy atom. The first-order chi connectivity index (χ1) is 19.1. The molecule has 1 saturated heterocycles. The lowest BCUT2D eigenvalue weighted by molar-refractivity contribution is -0.145. The molecule has 0 spiro atoms. The number of esters is 1. The number of hydrazone groups is 1. The monoisotopic (exact) mass is 549 g/mol. The molecule has 1 unspecified atom stereocenters. The number of nitrogens with zero attached hydrogens (tertiary/aromatic N) is 2. The van der Waals surface area contributed by atoms with Gasteiger partial charge in [0.1, 0.15) is 0 Å². The Morgan fingerprint density at radius 2 is 1.79 bits per heavy atom. The molecule has 1 aliphatic carbocycles. The van der Waals surface area contributed by atoms with Crippen molar-refractivity contribution in [3.63, 3.8) is 0 Å². The lowest BCUT2D eigenvalue weighted by Gasteiger charge is -2.24. The van der Waals surface area contributed by atoms with E-state index in [1.807, 2.05) is 54.4 Å². The van der Waals surface area contributed by atoms with Crippen LogP contribution in [0, 0.1) is 5.92 Å². The molecule has 0 aromatic heterocycles. The van der Waals surface area contributed by atoms with E-state index >= 15 is 0 Å². The standard InChI is InChI=1S/C32H43N3O3S/c1-2-3-4-5-6-7-18-38-31(36)22-26-8-11-28-23-29(13-12-27(28)21-26)32(37)34-30-14-9-25(10-15-30)24-33-35-16-19-39-20-17-35/h9-10,12-15,23-24,26H,2-8,11,16-22H2,1H3,(H,34,37). The van der Waals surface area contributed by atoms with E-state index < -0.39 is 0 Å². The van der Waals surface area contributed by atoms with Gasteiger partial charge < -0.3 is 10.1 Å². The van der Waals surface area contributed by atoms with Crippen LogP contribution in [0.25, 0.3) is 0 Å². The van der Waals surface area contributed by atoms with Crippen molar-refractivity contribution >= 4 is 35.5 Å². The highest BCUT2D eigenvalue weighted by Gasteiger charge is 2.23. The highest BCUT2D eigenvalue weighted by molar-refractivity contribution is 7.99. The molecule has 2 aromatic rings. The van der Waals surface area contributed by atoms with E-state index in [9.17, 15) is 9.59 Å². The van der Waals surface area contributed by atoms with Gasteiger partial charge in [0, 0.05) is 42.3 Å². The Bertz CT molecular complexity index is 1100. The third kappa shape index (κ3) is 9.71. The molecule has 210 valence electrons. The summed E-state index contributed by atoms with van der Waals surface area (Å²) in [6.45, 7) is 4.74. The fourth-order valence-corrected chi connectivity index (χ4v) is 6.07. The predicted molar refractivity (Wildman–Crippen MR) is 162 cm³/mol. The Balaban J connectivity index is 1.20. The summed E-state index contributed by atoms with van der Waals surface area (Å²) in [5.74, 6) is 2.38. The molecule has 6 nitrogen and oxygen atoms in total. The van der Waals surface area contributed by atoms with Crippen molar-refractivity contribution in [3.8, 4) is 0 Å². The number of hydrogen-bond acceptors (Lipinski definition) is 6. The molecule has 1 fully saturated rings. The van der Waals surface area contributed by atoms with Crippen molar-refractivity contribution in [1.29, 1.82) is 0 Å². The minimum absolute atomic E-state index is 0.0732. The normalized spacial score (nSPS) is 17.2. The molecule has 2 aromatic carbocycles. The van der Waals surface area contributed by atoms with Crippen LogP contribution < -0.4 is 5.32 Å². The largest absolute Gasteiger partial charge is 0.466 e. The van der Waals surface area contributed by atoms with Gasteiger partial charge in [-0.1, -0.05) is 57.2 Å². The van der Waals surface area contributed by atoms with Crippen LogP contribution in [-0.4, -0.2) is 54.3 Å². The average Bonchev–Trinajstić information content (AvgIpc) is 2.96. The van der Waals surface area contributed by atoms with Gasteiger partial charge >= 0.3 is 5.97 Å². The second-order valence-corrected chi connectivity index (χ2v) is 11.9. The molecule has 4 rings (SSSR count). The van der Waals surface area contributed by atoms with E-state index in [1.54, 1.807) is 0 Å². The first-order valence-electron chi connectivity index (χ1n) is 14.7. The van der Waals surface area contributed by atoms with Crippen molar-refractivity contribution in [2.45, 2.75) is 71.1 Å². The van der Waals surface area contributed by atoms with Crippen LogP contribution in [-0.2, 0) is 22.4 Å². The first-order valence-corrected chi connectivity index (χ1v) is 15.8. The fourth-order valence-electron chi connectivity index (χ4n) is 5.18. The van der Waals surface area contributed by atoms with E-state index in [2.05, 4.69) is 28.4 Å². The van der Waals surface area contributed by atoms with E-state index in [-0.39, 0.29) is 11.9 Å². The molecular formula is C32H43N3O3S. The zero-order chi connectivity index (χ0) is 27.3. The van der Waals surface area contributed by atoms with E-state index in [4.69, 9.17) is 4.74 Å². The van der Waals surface area contributed by atoms with Crippen LogP contribution in [0.4, 0.5) is 5.69 Å². The maximum Gasteiger partial charge on any atom is 0.306 e. The van der Waals surface area contributed by atoms with Gasteiger partial charge in [0.2, 0.25) is 0 Å². The number of hydrogen-bond donors (Lipinski definition) is 1. The number of rotatable bonds is 13. The number of ether oxygens (including phenoxy) is 1. The molecule has 2 aliphatic rings. The minimum Gasteiger partial charge on any atom is -0.466 e. The summed E-state index contributed by atoms with van der Waals surface area (Å²) < 4.78 is 5.49. The van der Waals surface area contributed by atoms with Gasteiger partial charge in [0.05, 0.1) is 12.8 Å². The molecular weight excluding hydrogens is 506 g/mol. The fraction of sp³-hybridized carbons (Fsp3) is 0.531. The van der Waals surface area contributed by atoms with Crippen LogP contribution in [0.1, 0.15) is 85.3 Å². The summed E-state index contributed by atoms with van der Waals surface area (Å²) in [7, 11) is 0. The molecule has 1 heterocycles. The number of amides is 1. The number of fused-ring (bicyclic) bond motifs is 1. The molecule has 1 aliphatic heterocycles. The van der Waals surface area contributed by atoms with E-state index in [1.165, 1.54) is 36.8 Å². The number of thioether (sulfide) groups is 1. The van der Waals surface area contributed by atoms with Gasteiger partial charge in [0.25, 0.3) is 5.91 Å². The number of nitrogens with one attached hydrogen (secondary N) is 1. The van der Waals surface area contributed by atoms with Gasteiger partial charge in [-0.05, 0) is 72.6 Å². The highest BCUT2D eigenvalue weighted by Crippen LogP contribution is 2.29. The van der Waals surface area contributed by atoms with Crippen LogP contribution in [0.3, 0.4) is 0 Å². The smallest absolute Gasteiger partial charge is 0.306 e. The van der Waals surface area contributed by atoms with Crippen molar-refractivity contribution in [3.05, 3.63) is 64.7 Å². The topological polar surface area (TPSA) is 71.0 Å². The van der Waals surface area contributed by atoms with Crippen LogP contribution in [0.2, 0.25) is 0 Å². The molecule has 39 heavy (non-hydrogen) atoms. The number of anilines is 1. The van der Waals surface area contributed by atoms with Crippen molar-refractivity contribution in [2.75, 3.05) is 36.5 Å². The predicted octanol–water partition coefficient (Wildman–Crippen LogP) is 6.72. The number of carbonyl (C=O) groups is 2. The van der Waals surface area contributed by atoms with Gasteiger partial charge in [0.15, 0.2) is 0 Å². The summed E-state index contributed by atoms with van der Waals surface area (Å²) in [6, 6.07) is 13.7. The van der Waals surface area contributed by atoms with Crippen LogP contribution in [0.15, 0.2) is 47.6 Å². The SMILES string of the molecule is CCCCCCCCOC(=O)CC1CCc2cc(C(=O)Nc3ccc(C=NN4CCSCC4)cc3)ccc2C1. The Morgan fingerprint density at radius 1 is 1.03 bits per heavy atom. The number of unbranched alkanes of at least 4 members (excludes halogenated alkanes) is 5. The van der Waals surface area contributed by atoms with Crippen molar-refractivity contribution in [2.24, 2.45) is 11.0 Å². The van der Waals surface area contributed by atoms with Crippen LogP contribution in [0.5, 0.6) is 0 Å². The third-order valence-electron chi connectivity index (χ3n) is 7.54. The highest BCUT2D eigenvalue weighted by atomic mass is 32.2. The van der Waals surface area contributed by atoms with Gasteiger partial charge in [-0.2, -0.15) is 16.9 Å². The molecule has 7 heteroatoms. The Kier molecular flexibility index (Phi) is 11.8. The van der Waals surface area contributed by atoms with Crippen molar-refractivity contribution < 1.29 is 14.3 Å². The van der Waals surface area contributed by atoms with Gasteiger partial charge in [-0.15, -0.1) is 0 Å². The quantitative estimate of drug-likeness (QED) is 0.171. The summed E-state index contributed by atoms with van der Waals surface area (Å²) in [4.78, 5) is 25.2. The first kappa shape index (κ1) is 29.2. The summed E-state index contributed by atoms with van der Waals surface area (Å²) in [5.41, 5.74) is 4.90. The maximum absolute atomic E-state index is 12.9. The Labute approximate surface area is 238 Å². The lowest BCUT2D eigenvalue weighted by Crippen LogP contribution is -2.27. The van der Waals surface area contributed by atoms with E-state index in [0.717, 1.165) is 68.0 Å². The van der Waals surface area contributed by atoms with Gasteiger partial charge in [-0.3, -0.25) is 14.6 Å². The minimum atomic E-state index is -0.106. The zero-order valence-electron chi connectivity index (χ0n) is 23.3. The molecule has 0 saturated carbocycles. The van der Waals surface area contributed by atoms with Gasteiger partial charge in [-0.25, -0.2) is 0 Å². The number of carbonyl (C=O) groups excluding carboxylic acids is 2. The second kappa shape index (κ2) is 15.7.